The van der Waals surface area contributed by atoms with Crippen molar-refractivity contribution in [3.8, 4) is 0 Å². The van der Waals surface area contributed by atoms with Crippen LogP contribution in [0.5, 0.6) is 0 Å². The van der Waals surface area contributed by atoms with Gasteiger partial charge in [0, 0.05) is 12.0 Å². The molecule has 0 aliphatic carbocycles. The van der Waals surface area contributed by atoms with Crippen LogP contribution in [0.2, 0.25) is 0 Å². The molecule has 0 bridgehead atoms. The first kappa shape index (κ1) is 44.0. The topological polar surface area (TPSA) is 178 Å². The molecular weight excluding hydrogens is 342 g/mol. The second-order valence-electron chi connectivity index (χ2n) is 2.94. The molecule has 22 heavy (non-hydrogen) atoms. The fraction of sp³-hybridized carbons (Fsp3) is 0.556. The fourth-order valence-corrected chi connectivity index (χ4v) is 1.15. The molecule has 13 heteroatoms. The Morgan fingerprint density at radius 2 is 1.27 bits per heavy atom. The average Bonchev–Trinajstić information content (AvgIpc) is 2.17. The molecule has 0 fully saturated rings. The molecule has 0 heterocycles. The van der Waals surface area contributed by atoms with E-state index >= 15 is 0 Å². The molecule has 0 aromatic rings. The summed E-state index contributed by atoms with van der Waals surface area (Å²) < 4.78 is 0. The predicted octanol–water partition coefficient (Wildman–Crippen LogP) is -16.2. The number of carbonyl (C=O) groups is 2. The Morgan fingerprint density at radius 3 is 1.50 bits per heavy atom. The number of hydrogen-bond acceptors (Lipinski definition) is 9. The van der Waals surface area contributed by atoms with E-state index in [9.17, 15) is 29.4 Å². The first-order valence-corrected chi connectivity index (χ1v) is 4.37. The maximum atomic E-state index is 10.7. The van der Waals surface area contributed by atoms with Crippen LogP contribution in [0, 0.1) is 0 Å². The van der Waals surface area contributed by atoms with Gasteiger partial charge in [0.1, 0.15) is 0 Å². The van der Waals surface area contributed by atoms with Crippen LogP contribution in [0.1, 0.15) is 12.8 Å². The minimum Gasteiger partial charge on any atom is -0.870 e. The maximum absolute atomic E-state index is 10.7. The van der Waals surface area contributed by atoms with E-state index in [1.807, 2.05) is 0 Å². The molecule has 0 amide bonds. The monoisotopic (exact) mass is 353 g/mol. The number of carboxylic acids is 2. The zero-order chi connectivity index (χ0) is 12.6. The molecule has 106 valence electrons. The Balaban J connectivity index is -0.0000000750. The minimum atomic E-state index is -1.56. The van der Waals surface area contributed by atoms with E-state index in [2.05, 4.69) is 0 Å². The average molecular weight is 353 g/mol. The van der Waals surface area contributed by atoms with Gasteiger partial charge in [-0.25, -0.2) is 0 Å². The van der Waals surface area contributed by atoms with Gasteiger partial charge in [0.05, 0.1) is 5.97 Å². The Labute approximate surface area is 216 Å². The van der Waals surface area contributed by atoms with Gasteiger partial charge in [-0.15, -0.1) is 13.1 Å². The fourth-order valence-electron chi connectivity index (χ4n) is 1.15. The first-order valence-electron chi connectivity index (χ1n) is 4.37. The molecule has 1 unspecified atom stereocenters. The SMILES string of the molecule is O=[C-]CN(C[C-]=O)C(CCC(=O)[O-])C(=O)[O-].[Na+].[Na+].[Na+].[Na+].[OH-].[OH-]. The summed E-state index contributed by atoms with van der Waals surface area (Å²) in [7, 11) is 0. The van der Waals surface area contributed by atoms with Gasteiger partial charge in [-0.05, 0) is 12.8 Å². The van der Waals surface area contributed by atoms with E-state index < -0.39 is 37.5 Å². The molecule has 2 N–H and O–H groups in total. The van der Waals surface area contributed by atoms with Gasteiger partial charge in [-0.1, -0.05) is 0 Å². The third-order valence-corrected chi connectivity index (χ3v) is 1.87. The zero-order valence-electron chi connectivity index (χ0n) is 13.2. The van der Waals surface area contributed by atoms with Gasteiger partial charge in [0.25, 0.3) is 0 Å². The molecule has 0 aliphatic heterocycles. The van der Waals surface area contributed by atoms with E-state index in [0.29, 0.717) is 0 Å². The summed E-state index contributed by atoms with van der Waals surface area (Å²) in [6.07, 6.45) is 2.02. The Morgan fingerprint density at radius 1 is 0.909 bits per heavy atom. The van der Waals surface area contributed by atoms with Crippen molar-refractivity contribution in [3.05, 3.63) is 0 Å². The molecule has 1 atom stereocenters. The van der Waals surface area contributed by atoms with Crippen molar-refractivity contribution in [1.82, 2.24) is 4.90 Å². The van der Waals surface area contributed by atoms with Crippen LogP contribution in [0.15, 0.2) is 0 Å². The standard InChI is InChI=1S/C9H11NO6.4Na.2H2O/c11-5-3-10(4-6-12)7(9(15)16)1-2-8(13)14;;;;;;/h7H,1-4H2,(H,13,14)(H,15,16);;;;;2*1H2/q-2;4*+1;;/p-4. The molecule has 0 aromatic carbocycles. The Kier molecular flexibility index (Phi) is 56.0. The van der Waals surface area contributed by atoms with E-state index in [1.165, 1.54) is 12.6 Å². The van der Waals surface area contributed by atoms with E-state index in [4.69, 9.17) is 0 Å². The minimum absolute atomic E-state index is 0. The van der Waals surface area contributed by atoms with Gasteiger partial charge in [-0.3, -0.25) is 12.6 Å². The van der Waals surface area contributed by atoms with Crippen LogP contribution in [-0.4, -0.2) is 59.5 Å². The molecule has 0 aliphatic rings. The molecule has 0 aromatic heterocycles. The van der Waals surface area contributed by atoms with Crippen LogP contribution in [0.4, 0.5) is 0 Å². The van der Waals surface area contributed by atoms with Gasteiger partial charge in [0.2, 0.25) is 0 Å². The number of nitrogens with zero attached hydrogens (tertiary/aromatic N) is 1. The Hall–Kier alpha value is 2.16. The van der Waals surface area contributed by atoms with Crippen molar-refractivity contribution < 1.29 is 159 Å². The third-order valence-electron chi connectivity index (χ3n) is 1.87. The second-order valence-corrected chi connectivity index (χ2v) is 2.94. The largest absolute Gasteiger partial charge is 1.00 e. The molecule has 0 saturated carbocycles. The smallest absolute Gasteiger partial charge is 0.870 e. The molecular formula is C9H11NNa4O8-2. The molecule has 0 rings (SSSR count). The van der Waals surface area contributed by atoms with Crippen molar-refractivity contribution in [2.75, 3.05) is 13.1 Å². The summed E-state index contributed by atoms with van der Waals surface area (Å²) in [5.41, 5.74) is 0. The van der Waals surface area contributed by atoms with Crippen molar-refractivity contribution in [2.45, 2.75) is 18.9 Å². The number of carbonyl (C=O) groups excluding carboxylic acids is 4. The Bertz CT molecular complexity index is 285. The van der Waals surface area contributed by atoms with Gasteiger partial charge < -0.3 is 45.2 Å². The molecule has 9 nitrogen and oxygen atoms in total. The van der Waals surface area contributed by atoms with Crippen LogP contribution in [-0.2, 0) is 19.2 Å². The van der Waals surface area contributed by atoms with Crippen molar-refractivity contribution in [3.63, 3.8) is 0 Å². The van der Waals surface area contributed by atoms with Gasteiger partial charge in [0.15, 0.2) is 0 Å². The third kappa shape index (κ3) is 22.2. The zero-order valence-corrected chi connectivity index (χ0v) is 21.2. The summed E-state index contributed by atoms with van der Waals surface area (Å²) in [5.74, 6) is -2.98. The summed E-state index contributed by atoms with van der Waals surface area (Å²) in [6.45, 7) is -0.859. The van der Waals surface area contributed by atoms with Crippen LogP contribution in [0.3, 0.4) is 0 Å². The summed E-state index contributed by atoms with van der Waals surface area (Å²) in [4.78, 5) is 42.0. The van der Waals surface area contributed by atoms with Crippen LogP contribution in [0.25, 0.3) is 0 Å². The quantitative estimate of drug-likeness (QED) is 0.287. The molecule has 0 spiro atoms. The molecule has 0 saturated heterocycles. The van der Waals surface area contributed by atoms with E-state index in [1.54, 1.807) is 0 Å². The molecule has 0 radical (unpaired) electrons. The number of rotatable bonds is 9. The van der Waals surface area contributed by atoms with Gasteiger partial charge in [-0.2, -0.15) is 0 Å². The first-order chi connectivity index (χ1) is 7.52. The van der Waals surface area contributed by atoms with Crippen molar-refractivity contribution >= 4 is 24.5 Å². The van der Waals surface area contributed by atoms with E-state index in [0.717, 1.165) is 4.90 Å². The second kappa shape index (κ2) is 28.0. The van der Waals surface area contributed by atoms with Crippen LogP contribution >= 0.6 is 0 Å². The number of carboxylic acid groups (broad SMARTS) is 2. The summed E-state index contributed by atoms with van der Waals surface area (Å²) >= 11 is 0. The van der Waals surface area contributed by atoms with Crippen molar-refractivity contribution in [2.24, 2.45) is 0 Å². The van der Waals surface area contributed by atoms with Crippen LogP contribution < -0.4 is 128 Å². The number of hydrogen-bond donors (Lipinski definition) is 0. The van der Waals surface area contributed by atoms with Crippen molar-refractivity contribution in [1.29, 1.82) is 0 Å². The summed E-state index contributed by atoms with van der Waals surface area (Å²) in [6, 6.07) is -1.35. The van der Waals surface area contributed by atoms with E-state index in [-0.39, 0.29) is 136 Å². The summed E-state index contributed by atoms with van der Waals surface area (Å²) in [5, 5.41) is 20.8. The normalized spacial score (nSPS) is 8.77. The number of aliphatic carboxylic acids is 2. The maximum Gasteiger partial charge on any atom is 1.00 e. The van der Waals surface area contributed by atoms with Gasteiger partial charge >= 0.3 is 118 Å². The predicted molar refractivity (Wildman–Crippen MR) is 49.9 cm³/mol.